The van der Waals surface area contributed by atoms with E-state index in [0.717, 1.165) is 32.5 Å². The predicted molar refractivity (Wildman–Crippen MR) is 60.3 cm³/mol. The molecule has 14 heavy (non-hydrogen) atoms. The van der Waals surface area contributed by atoms with Gasteiger partial charge in [-0.15, -0.1) is 0 Å². The van der Waals surface area contributed by atoms with Crippen LogP contribution in [0, 0.1) is 0 Å². The quantitative estimate of drug-likeness (QED) is 0.735. The highest BCUT2D eigenvalue weighted by atomic mass is 16.1. The molecule has 1 N–H and O–H groups in total. The second kappa shape index (κ2) is 7.80. The molecule has 0 aromatic carbocycles. The first-order valence-corrected chi connectivity index (χ1v) is 5.72. The van der Waals surface area contributed by atoms with E-state index in [1.165, 1.54) is 0 Å². The van der Waals surface area contributed by atoms with Crippen LogP contribution in [0.1, 0.15) is 40.5 Å². The van der Waals surface area contributed by atoms with E-state index in [4.69, 9.17) is 0 Å². The Bertz CT molecular complexity index is 151. The van der Waals surface area contributed by atoms with Gasteiger partial charge >= 0.3 is 0 Å². The van der Waals surface area contributed by atoms with Crippen LogP contribution in [0.25, 0.3) is 0 Å². The van der Waals surface area contributed by atoms with Gasteiger partial charge in [-0.05, 0) is 19.4 Å². The molecule has 3 nitrogen and oxygen atoms in total. The Morgan fingerprint density at radius 1 is 1.36 bits per heavy atom. The third kappa shape index (κ3) is 5.22. The van der Waals surface area contributed by atoms with Gasteiger partial charge in [0.2, 0.25) is 5.91 Å². The molecule has 0 saturated carbocycles. The molecule has 0 radical (unpaired) electrons. The van der Waals surface area contributed by atoms with E-state index in [1.807, 2.05) is 13.8 Å². The summed E-state index contributed by atoms with van der Waals surface area (Å²) in [6.07, 6.45) is 2.21. The van der Waals surface area contributed by atoms with Crippen LogP contribution < -0.4 is 5.32 Å². The summed E-state index contributed by atoms with van der Waals surface area (Å²) >= 11 is 0. The van der Waals surface area contributed by atoms with Crippen molar-refractivity contribution < 1.29 is 4.79 Å². The van der Waals surface area contributed by atoms with Gasteiger partial charge in [-0.3, -0.25) is 4.79 Å². The molecule has 1 fully saturated rings. The minimum Gasteiger partial charge on any atom is -0.354 e. The number of carbonyl (C=O) groups is 1. The molecule has 3 heteroatoms. The lowest BCUT2D eigenvalue weighted by atomic mass is 10.1. The van der Waals surface area contributed by atoms with Crippen LogP contribution in [0.4, 0.5) is 0 Å². The van der Waals surface area contributed by atoms with Crippen LogP contribution in [0.15, 0.2) is 0 Å². The number of likely N-dealkylation sites (tertiary alicyclic amines) is 1. The highest BCUT2D eigenvalue weighted by Crippen LogP contribution is 2.09. The Morgan fingerprint density at radius 3 is 2.21 bits per heavy atom. The molecule has 0 bridgehead atoms. The van der Waals surface area contributed by atoms with Crippen LogP contribution in [-0.4, -0.2) is 36.5 Å². The fourth-order valence-electron chi connectivity index (χ4n) is 1.68. The molecule has 1 saturated heterocycles. The maximum atomic E-state index is 10.7. The summed E-state index contributed by atoms with van der Waals surface area (Å²) in [5.41, 5.74) is 0. The summed E-state index contributed by atoms with van der Waals surface area (Å²) < 4.78 is 0. The SMILES string of the molecule is CC.CCN1CCC(NC(C)=O)CC1. The number of nitrogens with one attached hydrogen (secondary N) is 1. The van der Waals surface area contributed by atoms with E-state index in [0.29, 0.717) is 6.04 Å². The van der Waals surface area contributed by atoms with Crippen molar-refractivity contribution in [3.63, 3.8) is 0 Å². The van der Waals surface area contributed by atoms with Gasteiger partial charge in [0.15, 0.2) is 0 Å². The number of hydrogen-bond acceptors (Lipinski definition) is 2. The van der Waals surface area contributed by atoms with Gasteiger partial charge in [-0.25, -0.2) is 0 Å². The Balaban J connectivity index is 0.000000791. The molecule has 0 unspecified atom stereocenters. The first-order valence-electron chi connectivity index (χ1n) is 5.72. The van der Waals surface area contributed by atoms with Crippen LogP contribution in [0.3, 0.4) is 0 Å². The van der Waals surface area contributed by atoms with Crippen molar-refractivity contribution in [1.82, 2.24) is 10.2 Å². The average Bonchev–Trinajstić information content (AvgIpc) is 2.21. The monoisotopic (exact) mass is 200 g/mol. The smallest absolute Gasteiger partial charge is 0.217 e. The summed E-state index contributed by atoms with van der Waals surface area (Å²) in [4.78, 5) is 13.2. The van der Waals surface area contributed by atoms with Gasteiger partial charge in [-0.2, -0.15) is 0 Å². The molecule has 0 aromatic rings. The number of piperidine rings is 1. The van der Waals surface area contributed by atoms with E-state index < -0.39 is 0 Å². The van der Waals surface area contributed by atoms with Crippen molar-refractivity contribution >= 4 is 5.91 Å². The minimum atomic E-state index is 0.102. The van der Waals surface area contributed by atoms with Crippen molar-refractivity contribution in [2.24, 2.45) is 0 Å². The molecule has 1 heterocycles. The zero-order valence-electron chi connectivity index (χ0n) is 9.97. The maximum Gasteiger partial charge on any atom is 0.217 e. The molecule has 0 aliphatic carbocycles. The van der Waals surface area contributed by atoms with E-state index in [2.05, 4.69) is 17.1 Å². The lowest BCUT2D eigenvalue weighted by Crippen LogP contribution is -2.43. The highest BCUT2D eigenvalue weighted by molar-refractivity contribution is 5.73. The third-order valence-electron chi connectivity index (χ3n) is 2.44. The minimum absolute atomic E-state index is 0.102. The summed E-state index contributed by atoms with van der Waals surface area (Å²) in [5, 5.41) is 2.96. The second-order valence-corrected chi connectivity index (χ2v) is 3.41. The van der Waals surface area contributed by atoms with Gasteiger partial charge < -0.3 is 10.2 Å². The predicted octanol–water partition coefficient (Wildman–Crippen LogP) is 1.63. The molecule has 1 aliphatic rings. The molecular formula is C11H24N2O. The highest BCUT2D eigenvalue weighted by Gasteiger charge is 2.17. The van der Waals surface area contributed by atoms with Crippen LogP contribution in [0.2, 0.25) is 0 Å². The number of carbonyl (C=O) groups excluding carboxylic acids is 1. The third-order valence-corrected chi connectivity index (χ3v) is 2.44. The summed E-state index contributed by atoms with van der Waals surface area (Å²) in [6, 6.07) is 0.422. The van der Waals surface area contributed by atoms with E-state index >= 15 is 0 Å². The van der Waals surface area contributed by atoms with Gasteiger partial charge in [-0.1, -0.05) is 20.8 Å². The van der Waals surface area contributed by atoms with Gasteiger partial charge in [0.05, 0.1) is 0 Å². The maximum absolute atomic E-state index is 10.7. The van der Waals surface area contributed by atoms with Crippen molar-refractivity contribution in [3.05, 3.63) is 0 Å². The molecular weight excluding hydrogens is 176 g/mol. The van der Waals surface area contributed by atoms with Crippen molar-refractivity contribution in [1.29, 1.82) is 0 Å². The molecule has 0 atom stereocenters. The van der Waals surface area contributed by atoms with E-state index in [-0.39, 0.29) is 5.91 Å². The van der Waals surface area contributed by atoms with Crippen LogP contribution in [0.5, 0.6) is 0 Å². The molecule has 84 valence electrons. The first kappa shape index (κ1) is 13.4. The van der Waals surface area contributed by atoms with Crippen molar-refractivity contribution in [2.45, 2.75) is 46.6 Å². The molecule has 0 spiro atoms. The fourth-order valence-corrected chi connectivity index (χ4v) is 1.68. The zero-order valence-corrected chi connectivity index (χ0v) is 9.97. The second-order valence-electron chi connectivity index (χ2n) is 3.41. The lowest BCUT2D eigenvalue weighted by molar-refractivity contribution is -0.119. The number of nitrogens with zero attached hydrogens (tertiary/aromatic N) is 1. The van der Waals surface area contributed by atoms with Gasteiger partial charge in [0.25, 0.3) is 0 Å². The van der Waals surface area contributed by atoms with Gasteiger partial charge in [0.1, 0.15) is 0 Å². The largest absolute Gasteiger partial charge is 0.354 e. The van der Waals surface area contributed by atoms with E-state index in [1.54, 1.807) is 6.92 Å². The normalized spacial score (nSPS) is 18.3. The standard InChI is InChI=1S/C9H18N2O.C2H6/c1-3-11-6-4-9(5-7-11)10-8(2)12;1-2/h9H,3-7H2,1-2H3,(H,10,12);1-2H3. The summed E-state index contributed by atoms with van der Waals surface area (Å²) in [5.74, 6) is 0.102. The molecule has 1 rings (SSSR count). The van der Waals surface area contributed by atoms with E-state index in [9.17, 15) is 4.79 Å². The summed E-state index contributed by atoms with van der Waals surface area (Å²) in [6.45, 7) is 11.2. The van der Waals surface area contributed by atoms with Crippen molar-refractivity contribution in [2.75, 3.05) is 19.6 Å². The topological polar surface area (TPSA) is 32.3 Å². The fraction of sp³-hybridized carbons (Fsp3) is 0.909. The zero-order chi connectivity index (χ0) is 11.0. The average molecular weight is 200 g/mol. The molecule has 1 amide bonds. The van der Waals surface area contributed by atoms with Crippen molar-refractivity contribution in [3.8, 4) is 0 Å². The molecule has 0 aromatic heterocycles. The van der Waals surface area contributed by atoms with Crippen LogP contribution >= 0.6 is 0 Å². The summed E-state index contributed by atoms with van der Waals surface area (Å²) in [7, 11) is 0. The van der Waals surface area contributed by atoms with Gasteiger partial charge in [0, 0.05) is 26.1 Å². The Labute approximate surface area is 87.9 Å². The number of amides is 1. The first-order chi connectivity index (χ1) is 6.72. The Kier molecular flexibility index (Phi) is 7.48. The molecule has 1 aliphatic heterocycles. The Hall–Kier alpha value is -0.570. The van der Waals surface area contributed by atoms with Crippen LogP contribution in [-0.2, 0) is 4.79 Å². The number of hydrogen-bond donors (Lipinski definition) is 1. The number of rotatable bonds is 2. The Morgan fingerprint density at radius 2 is 1.86 bits per heavy atom. The lowest BCUT2D eigenvalue weighted by Gasteiger charge is -2.31.